The van der Waals surface area contributed by atoms with Crippen LogP contribution in [0.4, 0.5) is 5.69 Å². The molecule has 0 aliphatic rings. The minimum atomic E-state index is -1.11. The maximum absolute atomic E-state index is 12.5. The molecule has 33 heavy (non-hydrogen) atoms. The van der Waals surface area contributed by atoms with Gasteiger partial charge < -0.3 is 20.5 Å². The molecular formula is C26H26N2O5. The molecular weight excluding hydrogens is 420 g/mol. The van der Waals surface area contributed by atoms with Gasteiger partial charge in [0.2, 0.25) is 5.91 Å². The molecule has 0 saturated carbocycles. The van der Waals surface area contributed by atoms with Gasteiger partial charge in [0.15, 0.2) is 0 Å². The minimum absolute atomic E-state index is 0.101. The van der Waals surface area contributed by atoms with E-state index in [2.05, 4.69) is 10.6 Å². The third-order valence-corrected chi connectivity index (χ3v) is 4.94. The van der Waals surface area contributed by atoms with Crippen LogP contribution in [-0.4, -0.2) is 35.5 Å². The van der Waals surface area contributed by atoms with E-state index in [0.717, 1.165) is 16.7 Å². The smallest absolute Gasteiger partial charge is 0.326 e. The second-order valence-electron chi connectivity index (χ2n) is 7.66. The molecule has 3 rings (SSSR count). The molecule has 0 fully saturated rings. The molecule has 3 aromatic carbocycles. The Kier molecular flexibility index (Phi) is 8.32. The van der Waals surface area contributed by atoms with Gasteiger partial charge in [0.25, 0.3) is 5.91 Å². The van der Waals surface area contributed by atoms with Gasteiger partial charge >= 0.3 is 5.97 Å². The highest BCUT2D eigenvalue weighted by molar-refractivity contribution is 5.97. The number of carbonyl (C=O) groups is 3. The summed E-state index contributed by atoms with van der Waals surface area (Å²) in [4.78, 5) is 36.2. The Balaban J connectivity index is 1.50. The number of hydrogen-bond acceptors (Lipinski definition) is 4. The van der Waals surface area contributed by atoms with Crippen LogP contribution in [0.3, 0.4) is 0 Å². The highest BCUT2D eigenvalue weighted by Crippen LogP contribution is 2.11. The molecule has 0 aromatic heterocycles. The molecule has 0 radical (unpaired) electrons. The van der Waals surface area contributed by atoms with E-state index in [-0.39, 0.29) is 18.9 Å². The predicted molar refractivity (Wildman–Crippen MR) is 125 cm³/mol. The molecule has 170 valence electrons. The van der Waals surface area contributed by atoms with Crippen molar-refractivity contribution in [2.75, 3.05) is 11.9 Å². The maximum Gasteiger partial charge on any atom is 0.326 e. The summed E-state index contributed by atoms with van der Waals surface area (Å²) in [5.74, 6) is -1.92. The standard InChI is InChI=1S/C26H26N2O5/c1-18-7-9-19(10-8-18)15-23(26(31)32)28-25(30)21-11-13-22(14-12-21)27-24(29)17-33-16-20-5-3-2-4-6-20/h2-14,23H,15-17H2,1H3,(H,27,29)(H,28,30)(H,31,32). The molecule has 3 aromatic rings. The van der Waals surface area contributed by atoms with Crippen molar-refractivity contribution >= 4 is 23.5 Å². The van der Waals surface area contributed by atoms with Gasteiger partial charge in [-0.25, -0.2) is 4.79 Å². The number of carboxylic acids is 1. The highest BCUT2D eigenvalue weighted by atomic mass is 16.5. The topological polar surface area (TPSA) is 105 Å². The number of anilines is 1. The highest BCUT2D eigenvalue weighted by Gasteiger charge is 2.21. The predicted octanol–water partition coefficient (Wildman–Crippen LogP) is 3.58. The number of carboxylic acid groups (broad SMARTS) is 1. The number of aryl methyl sites for hydroxylation is 1. The molecule has 0 heterocycles. The Labute approximate surface area is 192 Å². The number of hydrogen-bond donors (Lipinski definition) is 3. The average Bonchev–Trinajstić information content (AvgIpc) is 2.81. The summed E-state index contributed by atoms with van der Waals surface area (Å²) in [7, 11) is 0. The van der Waals surface area contributed by atoms with Crippen molar-refractivity contribution in [1.82, 2.24) is 5.32 Å². The van der Waals surface area contributed by atoms with Crippen LogP contribution in [0.5, 0.6) is 0 Å². The van der Waals surface area contributed by atoms with Crippen LogP contribution >= 0.6 is 0 Å². The average molecular weight is 447 g/mol. The van der Waals surface area contributed by atoms with E-state index < -0.39 is 17.9 Å². The zero-order valence-electron chi connectivity index (χ0n) is 18.3. The lowest BCUT2D eigenvalue weighted by molar-refractivity contribution is -0.139. The fraction of sp³-hybridized carbons (Fsp3) is 0.192. The molecule has 1 atom stereocenters. The van der Waals surface area contributed by atoms with Crippen molar-refractivity contribution in [2.45, 2.75) is 26.0 Å². The van der Waals surface area contributed by atoms with Gasteiger partial charge in [-0.05, 0) is 42.3 Å². The minimum Gasteiger partial charge on any atom is -0.480 e. The second-order valence-corrected chi connectivity index (χ2v) is 7.66. The van der Waals surface area contributed by atoms with Crippen LogP contribution < -0.4 is 10.6 Å². The largest absolute Gasteiger partial charge is 0.480 e. The first-order valence-electron chi connectivity index (χ1n) is 10.5. The molecule has 2 amide bonds. The number of carbonyl (C=O) groups excluding carboxylic acids is 2. The van der Waals surface area contributed by atoms with Crippen LogP contribution in [0.15, 0.2) is 78.9 Å². The van der Waals surface area contributed by atoms with Crippen molar-refractivity contribution in [3.8, 4) is 0 Å². The number of rotatable bonds is 10. The van der Waals surface area contributed by atoms with Crippen molar-refractivity contribution in [3.63, 3.8) is 0 Å². The van der Waals surface area contributed by atoms with E-state index in [1.54, 1.807) is 12.1 Å². The zero-order valence-corrected chi connectivity index (χ0v) is 18.3. The van der Waals surface area contributed by atoms with E-state index in [0.29, 0.717) is 17.9 Å². The molecule has 0 saturated heterocycles. The van der Waals surface area contributed by atoms with Crippen molar-refractivity contribution in [1.29, 1.82) is 0 Å². The summed E-state index contributed by atoms with van der Waals surface area (Å²) in [5, 5.41) is 14.8. The van der Waals surface area contributed by atoms with Gasteiger partial charge in [0.1, 0.15) is 12.6 Å². The first-order chi connectivity index (χ1) is 15.9. The van der Waals surface area contributed by atoms with Crippen LogP contribution in [0.2, 0.25) is 0 Å². The SMILES string of the molecule is Cc1ccc(CC(NC(=O)c2ccc(NC(=O)COCc3ccccc3)cc2)C(=O)O)cc1. The van der Waals surface area contributed by atoms with Crippen molar-refractivity contribution in [2.24, 2.45) is 0 Å². The van der Waals surface area contributed by atoms with E-state index in [1.165, 1.54) is 12.1 Å². The van der Waals surface area contributed by atoms with Crippen molar-refractivity contribution < 1.29 is 24.2 Å². The summed E-state index contributed by atoms with van der Waals surface area (Å²) in [6, 6.07) is 22.2. The normalized spacial score (nSPS) is 11.4. The lowest BCUT2D eigenvalue weighted by Gasteiger charge is -2.15. The Hall–Kier alpha value is -3.97. The Morgan fingerprint density at radius 3 is 2.18 bits per heavy atom. The summed E-state index contributed by atoms with van der Waals surface area (Å²) in [6.45, 7) is 2.18. The molecule has 7 heteroatoms. The number of ether oxygens (including phenoxy) is 1. The first kappa shape index (κ1) is 23.7. The molecule has 7 nitrogen and oxygen atoms in total. The molecule has 0 bridgehead atoms. The number of benzene rings is 3. The third kappa shape index (κ3) is 7.59. The number of nitrogens with one attached hydrogen (secondary N) is 2. The summed E-state index contributed by atoms with van der Waals surface area (Å²) in [5.41, 5.74) is 3.67. The Morgan fingerprint density at radius 2 is 1.55 bits per heavy atom. The van der Waals surface area contributed by atoms with Gasteiger partial charge in [-0.1, -0.05) is 60.2 Å². The Bertz CT molecular complexity index is 1080. The van der Waals surface area contributed by atoms with Gasteiger partial charge in [0, 0.05) is 17.7 Å². The fourth-order valence-corrected chi connectivity index (χ4v) is 3.14. The number of amides is 2. The fourth-order valence-electron chi connectivity index (χ4n) is 3.14. The Morgan fingerprint density at radius 1 is 0.879 bits per heavy atom. The van der Waals surface area contributed by atoms with Crippen LogP contribution in [-0.2, 0) is 27.4 Å². The van der Waals surface area contributed by atoms with Crippen molar-refractivity contribution in [3.05, 3.63) is 101 Å². The lowest BCUT2D eigenvalue weighted by atomic mass is 10.0. The molecule has 1 unspecified atom stereocenters. The van der Waals surface area contributed by atoms with Crippen LogP contribution in [0, 0.1) is 6.92 Å². The van der Waals surface area contributed by atoms with Crippen LogP contribution in [0.1, 0.15) is 27.0 Å². The summed E-state index contributed by atoms with van der Waals surface area (Å²) < 4.78 is 5.41. The van der Waals surface area contributed by atoms with E-state index in [1.807, 2.05) is 61.5 Å². The second kappa shape index (κ2) is 11.6. The van der Waals surface area contributed by atoms with E-state index >= 15 is 0 Å². The molecule has 0 aliphatic carbocycles. The van der Waals surface area contributed by atoms with Gasteiger partial charge in [-0.15, -0.1) is 0 Å². The van der Waals surface area contributed by atoms with E-state index in [9.17, 15) is 19.5 Å². The molecule has 0 aliphatic heterocycles. The monoisotopic (exact) mass is 446 g/mol. The van der Waals surface area contributed by atoms with Gasteiger partial charge in [-0.3, -0.25) is 9.59 Å². The van der Waals surface area contributed by atoms with Gasteiger partial charge in [-0.2, -0.15) is 0 Å². The summed E-state index contributed by atoms with van der Waals surface area (Å²) in [6.07, 6.45) is 0.179. The zero-order chi connectivity index (χ0) is 23.6. The summed E-state index contributed by atoms with van der Waals surface area (Å²) >= 11 is 0. The quantitative estimate of drug-likeness (QED) is 0.442. The molecule has 0 spiro atoms. The maximum atomic E-state index is 12.5. The van der Waals surface area contributed by atoms with Gasteiger partial charge in [0.05, 0.1) is 6.61 Å². The van der Waals surface area contributed by atoms with Crippen LogP contribution in [0.25, 0.3) is 0 Å². The number of aliphatic carboxylic acids is 1. The lowest BCUT2D eigenvalue weighted by Crippen LogP contribution is -2.42. The first-order valence-corrected chi connectivity index (χ1v) is 10.5. The van der Waals surface area contributed by atoms with E-state index in [4.69, 9.17) is 4.74 Å². The molecule has 3 N–H and O–H groups in total. The third-order valence-electron chi connectivity index (χ3n) is 4.94.